The van der Waals surface area contributed by atoms with E-state index < -0.39 is 0 Å². The van der Waals surface area contributed by atoms with Gasteiger partial charge >= 0.3 is 0 Å². The number of anilines is 3. The van der Waals surface area contributed by atoms with E-state index in [4.69, 9.17) is 0 Å². The average molecular weight is 564 g/mol. The Morgan fingerprint density at radius 1 is 0.409 bits per heavy atom. The van der Waals surface area contributed by atoms with Crippen molar-refractivity contribution in [2.75, 3.05) is 4.90 Å². The summed E-state index contributed by atoms with van der Waals surface area (Å²) in [5.41, 5.74) is 13.7. The van der Waals surface area contributed by atoms with Crippen LogP contribution in [0.25, 0.3) is 44.2 Å². The molecule has 210 valence electrons. The smallest absolute Gasteiger partial charge is 0.0546 e. The molecule has 0 unspecified atom stereocenters. The van der Waals surface area contributed by atoms with Gasteiger partial charge in [0.2, 0.25) is 0 Å². The summed E-state index contributed by atoms with van der Waals surface area (Å²) in [7, 11) is 0. The standard InChI is InChI=1S/C43H33N/c1-43(2)38-18-10-9-17-37(38)42-39(43)29-24-34-16-11-19-40(41(34)42)44(35-25-20-32(21-26-35)30-12-5-3-6-13-30)36-27-22-33(23-28-36)31-14-7-4-8-15-31/h3-29H,1-2H3. The van der Waals surface area contributed by atoms with Gasteiger partial charge in [-0.1, -0.05) is 147 Å². The predicted octanol–water partition coefficient (Wildman–Crippen LogP) is 11.9. The molecule has 0 atom stereocenters. The van der Waals surface area contributed by atoms with Crippen molar-refractivity contribution in [2.45, 2.75) is 19.3 Å². The largest absolute Gasteiger partial charge is 0.310 e. The third-order valence-corrected chi connectivity index (χ3v) is 9.27. The highest BCUT2D eigenvalue weighted by Gasteiger charge is 2.37. The first-order valence-corrected chi connectivity index (χ1v) is 15.4. The summed E-state index contributed by atoms with van der Waals surface area (Å²) in [6.45, 7) is 4.71. The highest BCUT2D eigenvalue weighted by atomic mass is 15.1. The molecule has 1 aliphatic carbocycles. The van der Waals surface area contributed by atoms with Gasteiger partial charge in [-0.25, -0.2) is 0 Å². The molecule has 0 saturated carbocycles. The van der Waals surface area contributed by atoms with Crippen LogP contribution in [0.15, 0.2) is 164 Å². The Morgan fingerprint density at radius 3 is 1.52 bits per heavy atom. The zero-order chi connectivity index (χ0) is 29.7. The average Bonchev–Trinajstić information content (AvgIpc) is 3.33. The molecule has 8 rings (SSSR count). The lowest BCUT2D eigenvalue weighted by molar-refractivity contribution is 0.661. The summed E-state index contributed by atoms with van der Waals surface area (Å²) in [6.07, 6.45) is 0. The van der Waals surface area contributed by atoms with Crippen LogP contribution in [0.3, 0.4) is 0 Å². The molecule has 0 aromatic heterocycles. The molecule has 7 aromatic rings. The van der Waals surface area contributed by atoms with Gasteiger partial charge in [0, 0.05) is 22.2 Å². The molecule has 1 nitrogen and oxygen atoms in total. The fourth-order valence-corrected chi connectivity index (χ4v) is 7.03. The van der Waals surface area contributed by atoms with E-state index in [2.05, 4.69) is 183 Å². The van der Waals surface area contributed by atoms with Crippen molar-refractivity contribution in [3.8, 4) is 33.4 Å². The predicted molar refractivity (Wildman–Crippen MR) is 187 cm³/mol. The number of fused-ring (bicyclic) bond motifs is 5. The monoisotopic (exact) mass is 563 g/mol. The first-order valence-electron chi connectivity index (χ1n) is 15.4. The fourth-order valence-electron chi connectivity index (χ4n) is 7.03. The van der Waals surface area contributed by atoms with Crippen molar-refractivity contribution < 1.29 is 0 Å². The highest BCUT2D eigenvalue weighted by molar-refractivity contribution is 6.11. The number of rotatable bonds is 5. The number of hydrogen-bond donors (Lipinski definition) is 0. The van der Waals surface area contributed by atoms with E-state index in [1.165, 1.54) is 61.0 Å². The van der Waals surface area contributed by atoms with Gasteiger partial charge in [0.1, 0.15) is 0 Å². The maximum absolute atomic E-state index is 2.43. The maximum Gasteiger partial charge on any atom is 0.0546 e. The summed E-state index contributed by atoms with van der Waals surface area (Å²) < 4.78 is 0. The lowest BCUT2D eigenvalue weighted by Gasteiger charge is -2.28. The molecular formula is C43H33N. The van der Waals surface area contributed by atoms with Gasteiger partial charge in [0.25, 0.3) is 0 Å². The Labute approximate surface area is 259 Å². The van der Waals surface area contributed by atoms with Gasteiger partial charge in [-0.15, -0.1) is 0 Å². The molecule has 1 heteroatoms. The Morgan fingerprint density at radius 2 is 0.932 bits per heavy atom. The highest BCUT2D eigenvalue weighted by Crippen LogP contribution is 2.54. The normalized spacial score (nSPS) is 13.0. The molecule has 0 N–H and O–H groups in total. The van der Waals surface area contributed by atoms with E-state index in [0.29, 0.717) is 0 Å². The van der Waals surface area contributed by atoms with Crippen molar-refractivity contribution in [1.29, 1.82) is 0 Å². The van der Waals surface area contributed by atoms with Crippen LogP contribution in [0.5, 0.6) is 0 Å². The van der Waals surface area contributed by atoms with Crippen LogP contribution in [0.1, 0.15) is 25.0 Å². The van der Waals surface area contributed by atoms with Crippen LogP contribution >= 0.6 is 0 Å². The van der Waals surface area contributed by atoms with Crippen LogP contribution in [0.2, 0.25) is 0 Å². The Hall–Kier alpha value is -5.40. The number of hydrogen-bond acceptors (Lipinski definition) is 1. The van der Waals surface area contributed by atoms with E-state index in [0.717, 1.165) is 11.4 Å². The third-order valence-electron chi connectivity index (χ3n) is 9.27. The topological polar surface area (TPSA) is 3.24 Å². The van der Waals surface area contributed by atoms with Crippen LogP contribution in [-0.2, 0) is 5.41 Å². The van der Waals surface area contributed by atoms with Crippen LogP contribution < -0.4 is 4.90 Å². The SMILES string of the molecule is CC1(C)c2ccccc2-c2c1ccc1cccc(N(c3ccc(-c4ccccc4)cc3)c3ccc(-c4ccccc4)cc3)c21. The Bertz CT molecular complexity index is 2020. The third kappa shape index (κ3) is 4.24. The molecule has 44 heavy (non-hydrogen) atoms. The first-order chi connectivity index (χ1) is 21.6. The van der Waals surface area contributed by atoms with Crippen molar-refractivity contribution in [1.82, 2.24) is 0 Å². The van der Waals surface area contributed by atoms with E-state index in [1.807, 2.05) is 0 Å². The Balaban J connectivity index is 1.35. The second-order valence-electron chi connectivity index (χ2n) is 12.2. The van der Waals surface area contributed by atoms with Crippen molar-refractivity contribution >= 4 is 27.8 Å². The molecule has 0 amide bonds. The zero-order valence-corrected chi connectivity index (χ0v) is 25.0. The van der Waals surface area contributed by atoms with Gasteiger partial charge in [-0.2, -0.15) is 0 Å². The minimum atomic E-state index is -0.0628. The van der Waals surface area contributed by atoms with E-state index in [9.17, 15) is 0 Å². The molecular weight excluding hydrogens is 530 g/mol. The summed E-state index contributed by atoms with van der Waals surface area (Å²) >= 11 is 0. The molecule has 0 fully saturated rings. The van der Waals surface area contributed by atoms with Crippen LogP contribution in [-0.4, -0.2) is 0 Å². The molecule has 1 aliphatic rings. The molecule has 0 spiro atoms. The second kappa shape index (κ2) is 10.4. The minimum absolute atomic E-state index is 0.0628. The summed E-state index contributed by atoms with van der Waals surface area (Å²) in [4.78, 5) is 2.43. The second-order valence-corrected chi connectivity index (χ2v) is 12.2. The maximum atomic E-state index is 2.43. The van der Waals surface area contributed by atoms with E-state index >= 15 is 0 Å². The van der Waals surface area contributed by atoms with Crippen molar-refractivity contribution in [2.24, 2.45) is 0 Å². The molecule has 0 radical (unpaired) electrons. The Kier molecular flexibility index (Phi) is 6.20. The molecule has 0 heterocycles. The lowest BCUT2D eigenvalue weighted by atomic mass is 9.82. The minimum Gasteiger partial charge on any atom is -0.310 e. The number of benzene rings is 7. The van der Waals surface area contributed by atoms with Crippen molar-refractivity contribution in [3.63, 3.8) is 0 Å². The van der Waals surface area contributed by atoms with Gasteiger partial charge in [0.05, 0.1) is 5.69 Å². The quantitative estimate of drug-likeness (QED) is 0.201. The van der Waals surface area contributed by atoms with Crippen LogP contribution in [0.4, 0.5) is 17.1 Å². The van der Waals surface area contributed by atoms with Crippen LogP contribution in [0, 0.1) is 0 Å². The molecule has 0 aliphatic heterocycles. The summed E-state index contributed by atoms with van der Waals surface area (Å²) in [5, 5.41) is 2.54. The van der Waals surface area contributed by atoms with Gasteiger partial charge in [-0.3, -0.25) is 0 Å². The molecule has 7 aromatic carbocycles. The van der Waals surface area contributed by atoms with Gasteiger partial charge < -0.3 is 4.90 Å². The lowest BCUT2D eigenvalue weighted by Crippen LogP contribution is -2.15. The van der Waals surface area contributed by atoms with Gasteiger partial charge in [-0.05, 0) is 80.2 Å². The van der Waals surface area contributed by atoms with Crippen molar-refractivity contribution in [3.05, 3.63) is 175 Å². The van der Waals surface area contributed by atoms with Gasteiger partial charge in [0.15, 0.2) is 0 Å². The zero-order valence-electron chi connectivity index (χ0n) is 25.0. The van der Waals surface area contributed by atoms with E-state index in [1.54, 1.807) is 0 Å². The first kappa shape index (κ1) is 26.2. The number of nitrogens with zero attached hydrogens (tertiary/aromatic N) is 1. The summed E-state index contributed by atoms with van der Waals surface area (Å²) in [5.74, 6) is 0. The summed E-state index contributed by atoms with van der Waals surface area (Å²) in [6, 6.07) is 59.5. The molecule has 0 saturated heterocycles. The molecule has 0 bridgehead atoms. The fraction of sp³-hybridized carbons (Fsp3) is 0.0698. The van der Waals surface area contributed by atoms with E-state index in [-0.39, 0.29) is 5.41 Å².